The summed E-state index contributed by atoms with van der Waals surface area (Å²) in [6.45, 7) is 6.82. The standard InChI is InChI=1S/C23H38N2O3.Cu/c1-4-5-6-7-8-12-15-24-20(17-19-13-10-9-11-14-19)22(26)25-21(23(27)28)16-18(2)3;/h9-11,13-14,18,20-21,24H,4-8,12,15-17H2,1-3H3,(H2,25,26,27,28);/q;+1/p-1/t20-,21-;/m0./s1. The minimum absolute atomic E-state index is 0. The topological polar surface area (TPSA) is 80.5 Å². The first-order chi connectivity index (χ1) is 13.4. The van der Waals surface area contributed by atoms with Gasteiger partial charge in [0.1, 0.15) is 0 Å². The van der Waals surface area contributed by atoms with Crippen molar-refractivity contribution in [3.8, 4) is 0 Å². The van der Waals surface area contributed by atoms with Crippen LogP contribution in [-0.2, 0) is 33.1 Å². The minimum atomic E-state index is -1.03. The average Bonchev–Trinajstić information content (AvgIpc) is 2.66. The van der Waals surface area contributed by atoms with Crippen LogP contribution >= 0.6 is 0 Å². The first-order valence-corrected chi connectivity index (χ1v) is 10.7. The van der Waals surface area contributed by atoms with Gasteiger partial charge in [-0.25, -0.2) is 0 Å². The van der Waals surface area contributed by atoms with Crippen LogP contribution < -0.4 is 5.32 Å². The van der Waals surface area contributed by atoms with Gasteiger partial charge in [-0.2, -0.15) is 0 Å². The predicted octanol–water partition coefficient (Wildman–Crippen LogP) is 4.94. The second-order valence-corrected chi connectivity index (χ2v) is 7.92. The van der Waals surface area contributed by atoms with Crippen LogP contribution in [0.4, 0.5) is 0 Å². The van der Waals surface area contributed by atoms with E-state index in [1.54, 1.807) is 0 Å². The maximum atomic E-state index is 12.8. The number of aliphatic carboxylic acids is 1. The first kappa shape index (κ1) is 27.6. The van der Waals surface area contributed by atoms with Gasteiger partial charge < -0.3 is 20.5 Å². The zero-order chi connectivity index (χ0) is 20.8. The zero-order valence-electron chi connectivity index (χ0n) is 18.0. The molecule has 29 heavy (non-hydrogen) atoms. The van der Waals surface area contributed by atoms with E-state index in [1.807, 2.05) is 44.2 Å². The van der Waals surface area contributed by atoms with E-state index >= 15 is 0 Å². The van der Waals surface area contributed by atoms with Gasteiger partial charge in [0, 0.05) is 0 Å². The molecule has 168 valence electrons. The number of amides is 1. The number of nitrogens with zero attached hydrogens (tertiary/aromatic N) is 1. The van der Waals surface area contributed by atoms with E-state index in [-0.39, 0.29) is 28.9 Å². The van der Waals surface area contributed by atoms with Gasteiger partial charge in [-0.3, -0.25) is 4.79 Å². The van der Waals surface area contributed by atoms with Crippen molar-refractivity contribution < 1.29 is 31.8 Å². The van der Waals surface area contributed by atoms with E-state index < -0.39 is 18.1 Å². The SMILES string of the molecule is CCCCCCCCN[C@@H](Cc1ccccc1)C(=O)[N-][C@@H](CC(C)C)C(=O)O.[Cu+]. The Bertz CT molecular complexity index is 567. The van der Waals surface area contributed by atoms with Crippen molar-refractivity contribution >= 4 is 11.9 Å². The summed E-state index contributed by atoms with van der Waals surface area (Å²) in [6, 6.07) is 8.34. The Morgan fingerprint density at radius 2 is 1.66 bits per heavy atom. The molecule has 0 spiro atoms. The Kier molecular flexibility index (Phi) is 15.7. The molecule has 2 N–H and O–H groups in total. The van der Waals surface area contributed by atoms with Crippen molar-refractivity contribution in [2.45, 2.75) is 84.2 Å². The molecular formula is C23H37CuN2O3. The summed E-state index contributed by atoms with van der Waals surface area (Å²) in [5.74, 6) is -1.22. The number of rotatable bonds is 15. The summed E-state index contributed by atoms with van der Waals surface area (Å²) in [4.78, 5) is 24.2. The van der Waals surface area contributed by atoms with Crippen LogP contribution in [0.25, 0.3) is 5.32 Å². The average molecular weight is 453 g/mol. The summed E-state index contributed by atoms with van der Waals surface area (Å²) in [7, 11) is 0. The second kappa shape index (κ2) is 16.4. The third-order valence-corrected chi connectivity index (χ3v) is 4.76. The van der Waals surface area contributed by atoms with Crippen molar-refractivity contribution in [3.63, 3.8) is 0 Å². The second-order valence-electron chi connectivity index (χ2n) is 7.92. The largest absolute Gasteiger partial charge is 1.00 e. The van der Waals surface area contributed by atoms with E-state index in [1.165, 1.54) is 25.7 Å². The third-order valence-electron chi connectivity index (χ3n) is 4.76. The summed E-state index contributed by atoms with van der Waals surface area (Å²) >= 11 is 0. The van der Waals surface area contributed by atoms with Gasteiger partial charge in [-0.1, -0.05) is 89.6 Å². The number of nitrogens with one attached hydrogen (secondary N) is 1. The number of hydrogen-bond acceptors (Lipinski definition) is 3. The molecule has 0 aliphatic carbocycles. The summed E-state index contributed by atoms with van der Waals surface area (Å²) < 4.78 is 0. The van der Waals surface area contributed by atoms with Crippen LogP contribution in [0.3, 0.4) is 0 Å². The van der Waals surface area contributed by atoms with Gasteiger partial charge in [0.2, 0.25) is 0 Å². The number of benzene rings is 1. The smallest absolute Gasteiger partial charge is 0.640 e. The molecule has 0 bridgehead atoms. The fourth-order valence-electron chi connectivity index (χ4n) is 3.18. The molecule has 0 fully saturated rings. The van der Waals surface area contributed by atoms with Crippen molar-refractivity contribution in [2.24, 2.45) is 5.92 Å². The van der Waals surface area contributed by atoms with E-state index in [4.69, 9.17) is 0 Å². The molecule has 0 radical (unpaired) electrons. The normalized spacial score (nSPS) is 12.8. The van der Waals surface area contributed by atoms with Crippen LogP contribution in [0.2, 0.25) is 0 Å². The first-order valence-electron chi connectivity index (χ1n) is 10.7. The molecule has 0 unspecified atom stereocenters. The van der Waals surface area contributed by atoms with Crippen molar-refractivity contribution in [3.05, 3.63) is 41.2 Å². The summed E-state index contributed by atoms with van der Waals surface area (Å²) in [5.41, 5.74) is 1.04. The minimum Gasteiger partial charge on any atom is -0.640 e. The summed E-state index contributed by atoms with van der Waals surface area (Å²) in [5, 5.41) is 16.8. The van der Waals surface area contributed by atoms with Gasteiger partial charge >= 0.3 is 17.1 Å². The van der Waals surface area contributed by atoms with Crippen LogP contribution in [0.5, 0.6) is 0 Å². The number of carbonyl (C=O) groups is 2. The molecular weight excluding hydrogens is 416 g/mol. The van der Waals surface area contributed by atoms with Crippen LogP contribution in [-0.4, -0.2) is 35.6 Å². The monoisotopic (exact) mass is 452 g/mol. The zero-order valence-corrected chi connectivity index (χ0v) is 18.9. The maximum Gasteiger partial charge on any atom is 1.00 e. The Balaban J connectivity index is 0.00000784. The number of carbonyl (C=O) groups excluding carboxylic acids is 1. The van der Waals surface area contributed by atoms with E-state index in [0.717, 1.165) is 24.9 Å². The van der Waals surface area contributed by atoms with Crippen molar-refractivity contribution in [2.75, 3.05) is 6.54 Å². The van der Waals surface area contributed by atoms with Crippen molar-refractivity contribution in [1.29, 1.82) is 0 Å². The molecule has 5 nitrogen and oxygen atoms in total. The molecule has 2 atom stereocenters. The van der Waals surface area contributed by atoms with Gasteiger partial charge in [0.05, 0.1) is 11.9 Å². The van der Waals surface area contributed by atoms with Crippen LogP contribution in [0.15, 0.2) is 30.3 Å². The van der Waals surface area contributed by atoms with E-state index in [0.29, 0.717) is 12.8 Å². The molecule has 0 heterocycles. The van der Waals surface area contributed by atoms with Gasteiger partial charge in [0.25, 0.3) is 5.97 Å². The molecule has 0 saturated heterocycles. The third kappa shape index (κ3) is 12.7. The van der Waals surface area contributed by atoms with E-state index in [9.17, 15) is 14.7 Å². The number of carboxylic acid groups (broad SMARTS) is 1. The molecule has 6 heteroatoms. The molecule has 1 amide bonds. The molecule has 0 aliphatic rings. The van der Waals surface area contributed by atoms with Crippen LogP contribution in [0.1, 0.15) is 71.3 Å². The number of hydrogen-bond donors (Lipinski definition) is 2. The fraction of sp³-hybridized carbons (Fsp3) is 0.652. The maximum absolute atomic E-state index is 12.8. The Morgan fingerprint density at radius 1 is 1.03 bits per heavy atom. The Hall–Kier alpha value is -1.36. The molecule has 0 aromatic heterocycles. The van der Waals surface area contributed by atoms with Gasteiger partial charge in [-0.05, 0) is 36.9 Å². The van der Waals surface area contributed by atoms with Crippen molar-refractivity contribution in [1.82, 2.24) is 5.32 Å². The Morgan fingerprint density at radius 3 is 2.24 bits per heavy atom. The fourth-order valence-corrected chi connectivity index (χ4v) is 3.18. The Labute approximate surface area is 186 Å². The number of unbranched alkanes of at least 4 members (excludes halogenated alkanes) is 5. The molecule has 1 aromatic rings. The van der Waals surface area contributed by atoms with Gasteiger partial charge in [0.15, 0.2) is 0 Å². The molecule has 0 aliphatic heterocycles. The quantitative estimate of drug-likeness (QED) is 0.291. The molecule has 1 rings (SSSR count). The van der Waals surface area contributed by atoms with Crippen LogP contribution in [0, 0.1) is 5.92 Å². The van der Waals surface area contributed by atoms with Gasteiger partial charge in [-0.15, -0.1) is 0 Å². The summed E-state index contributed by atoms with van der Waals surface area (Å²) in [6.07, 6.45) is 8.02. The predicted molar refractivity (Wildman–Crippen MR) is 115 cm³/mol. The molecule has 0 saturated carbocycles. The number of carboxylic acids is 1. The molecule has 1 aromatic carbocycles. The van der Waals surface area contributed by atoms with E-state index in [2.05, 4.69) is 17.6 Å².